The standard InChI is InChI=1S/C16H9ClF3NO3S/c17-12-3-1-11(2-4-12)9-15(10-21)25(22,23)14-7-5-13(6-8-14)24-16(18,19)20/h1-9H/b15-9+. The second-order valence-corrected chi connectivity index (χ2v) is 7.05. The Morgan fingerprint density at radius 3 is 2.12 bits per heavy atom. The van der Waals surface area contributed by atoms with Gasteiger partial charge in [-0.1, -0.05) is 23.7 Å². The van der Waals surface area contributed by atoms with E-state index in [1.165, 1.54) is 24.3 Å². The van der Waals surface area contributed by atoms with Gasteiger partial charge in [-0.2, -0.15) is 5.26 Å². The summed E-state index contributed by atoms with van der Waals surface area (Å²) >= 11 is 5.73. The van der Waals surface area contributed by atoms with Crippen LogP contribution in [0.15, 0.2) is 58.3 Å². The Kier molecular flexibility index (Phi) is 5.40. The summed E-state index contributed by atoms with van der Waals surface area (Å²) in [5, 5.41) is 9.59. The monoisotopic (exact) mass is 387 g/mol. The van der Waals surface area contributed by atoms with Gasteiger partial charge < -0.3 is 4.74 Å². The van der Waals surface area contributed by atoms with E-state index < -0.39 is 26.9 Å². The average molecular weight is 388 g/mol. The molecular weight excluding hydrogens is 379 g/mol. The van der Waals surface area contributed by atoms with Crippen LogP contribution in [-0.4, -0.2) is 14.8 Å². The molecule has 9 heteroatoms. The molecule has 4 nitrogen and oxygen atoms in total. The van der Waals surface area contributed by atoms with Gasteiger partial charge in [0.15, 0.2) is 0 Å². The molecule has 0 fully saturated rings. The van der Waals surface area contributed by atoms with Crippen molar-refractivity contribution >= 4 is 27.5 Å². The summed E-state index contributed by atoms with van der Waals surface area (Å²) in [6, 6.07) is 11.3. The zero-order valence-corrected chi connectivity index (χ0v) is 13.9. The molecule has 0 amide bonds. The number of hydrogen-bond donors (Lipinski definition) is 0. The zero-order valence-electron chi connectivity index (χ0n) is 12.3. The van der Waals surface area contributed by atoms with Crippen molar-refractivity contribution in [3.8, 4) is 11.8 Å². The molecule has 0 aliphatic rings. The van der Waals surface area contributed by atoms with Crippen LogP contribution >= 0.6 is 11.6 Å². The molecule has 0 spiro atoms. The molecule has 0 aliphatic heterocycles. The van der Waals surface area contributed by atoms with E-state index in [2.05, 4.69) is 4.74 Å². The number of nitrogens with zero attached hydrogens (tertiary/aromatic N) is 1. The Bertz CT molecular complexity index is 929. The lowest BCUT2D eigenvalue weighted by molar-refractivity contribution is -0.274. The van der Waals surface area contributed by atoms with Gasteiger partial charge in [0.1, 0.15) is 16.7 Å². The molecule has 0 atom stereocenters. The van der Waals surface area contributed by atoms with Gasteiger partial charge >= 0.3 is 6.36 Å². The summed E-state index contributed by atoms with van der Waals surface area (Å²) in [5.41, 5.74) is 0.432. The van der Waals surface area contributed by atoms with Crippen molar-refractivity contribution < 1.29 is 26.3 Å². The lowest BCUT2D eigenvalue weighted by Crippen LogP contribution is -2.17. The normalized spacial score (nSPS) is 12.5. The van der Waals surface area contributed by atoms with Gasteiger partial charge in [0.05, 0.1) is 4.90 Å². The first kappa shape index (κ1) is 18.8. The summed E-state index contributed by atoms with van der Waals surface area (Å²) in [6.07, 6.45) is -3.74. The fourth-order valence-corrected chi connectivity index (χ4v) is 3.11. The van der Waals surface area contributed by atoms with Crippen LogP contribution in [0.3, 0.4) is 0 Å². The van der Waals surface area contributed by atoms with Gasteiger partial charge in [0.2, 0.25) is 9.84 Å². The summed E-state index contributed by atoms with van der Waals surface area (Å²) in [6.45, 7) is 0. The number of nitriles is 1. The van der Waals surface area contributed by atoms with Crippen molar-refractivity contribution in [2.75, 3.05) is 0 Å². The fourth-order valence-electron chi connectivity index (χ4n) is 1.83. The van der Waals surface area contributed by atoms with Crippen LogP contribution in [0, 0.1) is 11.3 Å². The Balaban J connectivity index is 2.35. The highest BCUT2D eigenvalue weighted by Gasteiger charge is 2.31. The molecule has 0 unspecified atom stereocenters. The van der Waals surface area contributed by atoms with Crippen LogP contribution in [0.2, 0.25) is 5.02 Å². The van der Waals surface area contributed by atoms with Crippen LogP contribution < -0.4 is 4.74 Å². The first-order valence-corrected chi connectivity index (χ1v) is 8.46. The highest BCUT2D eigenvalue weighted by Crippen LogP contribution is 2.27. The Hall–Kier alpha value is -2.50. The molecule has 0 aromatic heterocycles. The highest BCUT2D eigenvalue weighted by atomic mass is 35.5. The predicted molar refractivity (Wildman–Crippen MR) is 85.4 cm³/mol. The lowest BCUT2D eigenvalue weighted by atomic mass is 10.2. The van der Waals surface area contributed by atoms with Crippen molar-refractivity contribution in [3.05, 3.63) is 64.0 Å². The minimum Gasteiger partial charge on any atom is -0.406 e. The fraction of sp³-hybridized carbons (Fsp3) is 0.0625. The SMILES string of the molecule is N#C/C(=C\c1ccc(Cl)cc1)S(=O)(=O)c1ccc(OC(F)(F)F)cc1. The molecule has 2 rings (SSSR count). The largest absolute Gasteiger partial charge is 0.573 e. The summed E-state index contributed by atoms with van der Waals surface area (Å²) in [4.78, 5) is -0.886. The van der Waals surface area contributed by atoms with Gasteiger partial charge in [0.25, 0.3) is 0 Å². The van der Waals surface area contributed by atoms with Crippen molar-refractivity contribution in [2.45, 2.75) is 11.3 Å². The van der Waals surface area contributed by atoms with Gasteiger partial charge in [-0.15, -0.1) is 13.2 Å². The highest BCUT2D eigenvalue weighted by molar-refractivity contribution is 7.95. The molecule has 0 aliphatic carbocycles. The average Bonchev–Trinajstić information content (AvgIpc) is 2.53. The number of allylic oxidation sites excluding steroid dienone is 1. The molecule has 0 radical (unpaired) electrons. The maximum Gasteiger partial charge on any atom is 0.573 e. The van der Waals surface area contributed by atoms with E-state index in [4.69, 9.17) is 16.9 Å². The number of rotatable bonds is 4. The summed E-state index contributed by atoms with van der Waals surface area (Å²) < 4.78 is 65.0. The molecule has 0 saturated carbocycles. The molecular formula is C16H9ClF3NO3S. The number of benzene rings is 2. The third-order valence-corrected chi connectivity index (χ3v) is 4.87. The van der Waals surface area contributed by atoms with Gasteiger partial charge in [-0.05, 0) is 48.0 Å². The zero-order chi connectivity index (χ0) is 18.7. The van der Waals surface area contributed by atoms with Crippen LogP contribution in [0.4, 0.5) is 13.2 Å². The summed E-state index contributed by atoms with van der Waals surface area (Å²) in [7, 11) is -4.19. The maximum atomic E-state index is 12.5. The maximum absolute atomic E-state index is 12.5. The molecule has 0 N–H and O–H groups in total. The first-order chi connectivity index (χ1) is 11.6. The van der Waals surface area contributed by atoms with Crippen LogP contribution in [-0.2, 0) is 9.84 Å². The van der Waals surface area contributed by atoms with Crippen molar-refractivity contribution in [2.24, 2.45) is 0 Å². The molecule has 130 valence electrons. The van der Waals surface area contributed by atoms with Crippen LogP contribution in [0.5, 0.6) is 5.75 Å². The van der Waals surface area contributed by atoms with E-state index in [1.807, 2.05) is 0 Å². The molecule has 0 bridgehead atoms. The second-order valence-electron chi connectivity index (χ2n) is 4.69. The Morgan fingerprint density at radius 1 is 1.08 bits per heavy atom. The number of hydrogen-bond acceptors (Lipinski definition) is 4. The smallest absolute Gasteiger partial charge is 0.406 e. The first-order valence-electron chi connectivity index (χ1n) is 6.60. The van der Waals surface area contributed by atoms with Crippen LogP contribution in [0.1, 0.15) is 5.56 Å². The van der Waals surface area contributed by atoms with Crippen molar-refractivity contribution in [3.63, 3.8) is 0 Å². The number of alkyl halides is 3. The van der Waals surface area contributed by atoms with E-state index in [0.717, 1.165) is 30.3 Å². The van der Waals surface area contributed by atoms with E-state index in [9.17, 15) is 21.6 Å². The molecule has 0 saturated heterocycles. The van der Waals surface area contributed by atoms with Crippen molar-refractivity contribution in [1.82, 2.24) is 0 Å². The number of ether oxygens (including phenoxy) is 1. The van der Waals surface area contributed by atoms with Gasteiger partial charge in [-0.25, -0.2) is 8.42 Å². The third kappa shape index (κ3) is 4.98. The van der Waals surface area contributed by atoms with E-state index in [-0.39, 0.29) is 4.90 Å². The quantitative estimate of drug-likeness (QED) is 0.720. The molecule has 25 heavy (non-hydrogen) atoms. The number of sulfone groups is 1. The molecule has 2 aromatic rings. The van der Waals surface area contributed by atoms with E-state index in [0.29, 0.717) is 10.6 Å². The number of halogens is 4. The minimum absolute atomic E-state index is 0.330. The van der Waals surface area contributed by atoms with E-state index >= 15 is 0 Å². The lowest BCUT2D eigenvalue weighted by Gasteiger charge is -2.09. The Labute approximate surface area is 146 Å². The Morgan fingerprint density at radius 2 is 1.64 bits per heavy atom. The van der Waals surface area contributed by atoms with E-state index in [1.54, 1.807) is 6.07 Å². The van der Waals surface area contributed by atoms with Gasteiger partial charge in [-0.3, -0.25) is 0 Å². The molecule has 0 heterocycles. The third-order valence-electron chi connectivity index (χ3n) is 2.94. The topological polar surface area (TPSA) is 67.2 Å². The predicted octanol–water partition coefficient (Wildman–Crippen LogP) is 4.58. The summed E-state index contributed by atoms with van der Waals surface area (Å²) in [5.74, 6) is -0.563. The van der Waals surface area contributed by atoms with Crippen LogP contribution in [0.25, 0.3) is 6.08 Å². The minimum atomic E-state index is -4.88. The second kappa shape index (κ2) is 7.17. The van der Waals surface area contributed by atoms with Crippen molar-refractivity contribution in [1.29, 1.82) is 5.26 Å². The van der Waals surface area contributed by atoms with Gasteiger partial charge in [0, 0.05) is 5.02 Å². The molecule has 2 aromatic carbocycles.